The minimum absolute atomic E-state index is 0.0493. The number of hydrogen-bond acceptors (Lipinski definition) is 4. The van der Waals surface area contributed by atoms with Crippen LogP contribution in [0.15, 0.2) is 12.4 Å². The van der Waals surface area contributed by atoms with E-state index in [-0.39, 0.29) is 23.1 Å². The molecule has 1 atom stereocenters. The van der Waals surface area contributed by atoms with E-state index in [0.717, 1.165) is 0 Å². The second-order valence-corrected chi connectivity index (χ2v) is 5.80. The average molecular weight is 230 g/mol. The van der Waals surface area contributed by atoms with Crippen molar-refractivity contribution in [3.8, 4) is 0 Å². The summed E-state index contributed by atoms with van der Waals surface area (Å²) < 4.78 is 23.8. The van der Waals surface area contributed by atoms with Crippen LogP contribution in [0.5, 0.6) is 0 Å². The van der Waals surface area contributed by atoms with Crippen LogP contribution in [0.3, 0.4) is 0 Å². The van der Waals surface area contributed by atoms with Gasteiger partial charge in [-0.25, -0.2) is 13.2 Å². The molecule has 1 fully saturated rings. The van der Waals surface area contributed by atoms with Crippen molar-refractivity contribution >= 4 is 15.8 Å². The summed E-state index contributed by atoms with van der Waals surface area (Å²) in [7, 11) is -2.96. The van der Waals surface area contributed by atoms with Gasteiger partial charge in [-0.2, -0.15) is 5.10 Å². The molecule has 0 aliphatic carbocycles. The van der Waals surface area contributed by atoms with Gasteiger partial charge in [0.25, 0.3) is 0 Å². The monoisotopic (exact) mass is 230 g/mol. The maximum Gasteiger partial charge on any atom is 0.338 e. The van der Waals surface area contributed by atoms with Crippen LogP contribution >= 0.6 is 0 Å². The van der Waals surface area contributed by atoms with E-state index < -0.39 is 15.8 Å². The summed E-state index contributed by atoms with van der Waals surface area (Å²) in [6.45, 7) is 0. The van der Waals surface area contributed by atoms with Crippen molar-refractivity contribution in [2.24, 2.45) is 0 Å². The summed E-state index contributed by atoms with van der Waals surface area (Å²) in [4.78, 5) is 10.6. The lowest BCUT2D eigenvalue weighted by molar-refractivity contribution is 0.0696. The molecule has 1 aromatic heterocycles. The quantitative estimate of drug-likeness (QED) is 0.768. The number of carbonyl (C=O) groups is 1. The third kappa shape index (κ3) is 2.01. The van der Waals surface area contributed by atoms with Gasteiger partial charge in [-0.3, -0.25) is 4.68 Å². The summed E-state index contributed by atoms with van der Waals surface area (Å²) in [6.07, 6.45) is 3.10. The van der Waals surface area contributed by atoms with E-state index in [1.165, 1.54) is 17.1 Å². The van der Waals surface area contributed by atoms with Crippen LogP contribution in [0, 0.1) is 0 Å². The van der Waals surface area contributed by atoms with Gasteiger partial charge in [0.2, 0.25) is 0 Å². The van der Waals surface area contributed by atoms with Crippen LogP contribution in [0.2, 0.25) is 0 Å². The summed E-state index contributed by atoms with van der Waals surface area (Å²) in [5.41, 5.74) is 0.0827. The van der Waals surface area contributed by atoms with E-state index in [1.54, 1.807) is 0 Å². The first-order chi connectivity index (χ1) is 6.98. The van der Waals surface area contributed by atoms with Crippen molar-refractivity contribution in [3.63, 3.8) is 0 Å². The Kier molecular flexibility index (Phi) is 2.26. The molecule has 0 spiro atoms. The minimum atomic E-state index is -2.96. The molecule has 82 valence electrons. The predicted molar refractivity (Wildman–Crippen MR) is 51.5 cm³/mol. The average Bonchev–Trinajstić information content (AvgIpc) is 2.70. The van der Waals surface area contributed by atoms with Gasteiger partial charge in [-0.15, -0.1) is 0 Å². The topological polar surface area (TPSA) is 89.3 Å². The molecule has 6 nitrogen and oxygen atoms in total. The third-order valence-electron chi connectivity index (χ3n) is 2.43. The SMILES string of the molecule is O=C(O)c1cnn([C@H]2CCS(=O)(=O)C2)c1. The van der Waals surface area contributed by atoms with Crippen molar-refractivity contribution in [2.45, 2.75) is 12.5 Å². The van der Waals surface area contributed by atoms with Crippen molar-refractivity contribution in [3.05, 3.63) is 18.0 Å². The fourth-order valence-corrected chi connectivity index (χ4v) is 3.34. The highest BCUT2D eigenvalue weighted by Crippen LogP contribution is 2.22. The van der Waals surface area contributed by atoms with E-state index >= 15 is 0 Å². The summed E-state index contributed by atoms with van der Waals surface area (Å²) >= 11 is 0. The Hall–Kier alpha value is -1.37. The highest BCUT2D eigenvalue weighted by atomic mass is 32.2. The molecule has 0 aromatic carbocycles. The van der Waals surface area contributed by atoms with E-state index in [4.69, 9.17) is 5.11 Å². The second kappa shape index (κ2) is 3.34. The molecular weight excluding hydrogens is 220 g/mol. The highest BCUT2D eigenvalue weighted by molar-refractivity contribution is 7.91. The molecule has 1 saturated heterocycles. The maximum absolute atomic E-state index is 11.2. The Morgan fingerprint density at radius 3 is 2.80 bits per heavy atom. The minimum Gasteiger partial charge on any atom is -0.478 e. The Bertz CT molecular complexity index is 490. The number of sulfone groups is 1. The third-order valence-corrected chi connectivity index (χ3v) is 4.18. The molecule has 7 heteroatoms. The smallest absolute Gasteiger partial charge is 0.338 e. The van der Waals surface area contributed by atoms with Crippen molar-refractivity contribution < 1.29 is 18.3 Å². The zero-order chi connectivity index (χ0) is 11.1. The number of aromatic carboxylic acids is 1. The first-order valence-electron chi connectivity index (χ1n) is 4.46. The largest absolute Gasteiger partial charge is 0.478 e. The molecule has 1 aliphatic heterocycles. The number of hydrogen-bond donors (Lipinski definition) is 1. The summed E-state index contributed by atoms with van der Waals surface area (Å²) in [5, 5.41) is 12.5. The van der Waals surface area contributed by atoms with Crippen molar-refractivity contribution in [1.82, 2.24) is 9.78 Å². The summed E-state index contributed by atoms with van der Waals surface area (Å²) in [6, 6.07) is -0.219. The number of aromatic nitrogens is 2. The van der Waals surface area contributed by atoms with Gasteiger partial charge in [-0.1, -0.05) is 0 Å². The van der Waals surface area contributed by atoms with Crippen LogP contribution in [-0.2, 0) is 9.84 Å². The maximum atomic E-state index is 11.2. The molecule has 1 aromatic rings. The second-order valence-electron chi connectivity index (χ2n) is 3.57. The first-order valence-corrected chi connectivity index (χ1v) is 6.28. The molecule has 0 amide bonds. The van der Waals surface area contributed by atoms with Gasteiger partial charge in [0.15, 0.2) is 9.84 Å². The zero-order valence-electron chi connectivity index (χ0n) is 7.83. The molecule has 2 rings (SSSR count). The van der Waals surface area contributed by atoms with Gasteiger partial charge in [0.1, 0.15) is 0 Å². The van der Waals surface area contributed by atoms with Crippen LogP contribution in [0.1, 0.15) is 22.8 Å². The normalized spacial score (nSPS) is 24.1. The van der Waals surface area contributed by atoms with Gasteiger partial charge >= 0.3 is 5.97 Å². The van der Waals surface area contributed by atoms with Crippen LogP contribution in [0.4, 0.5) is 0 Å². The molecule has 0 saturated carbocycles. The molecule has 0 radical (unpaired) electrons. The number of carboxylic acids is 1. The lowest BCUT2D eigenvalue weighted by Crippen LogP contribution is -2.11. The van der Waals surface area contributed by atoms with Gasteiger partial charge in [0, 0.05) is 6.20 Å². The number of rotatable bonds is 2. The Balaban J connectivity index is 2.21. The van der Waals surface area contributed by atoms with E-state index in [0.29, 0.717) is 6.42 Å². The van der Waals surface area contributed by atoms with E-state index in [9.17, 15) is 13.2 Å². The first kappa shape index (κ1) is 10.2. The predicted octanol–water partition coefficient (Wildman–Crippen LogP) is -0.0591. The van der Waals surface area contributed by atoms with Crippen LogP contribution in [-0.4, -0.2) is 40.8 Å². The number of carboxylic acid groups (broad SMARTS) is 1. The van der Waals surface area contributed by atoms with Crippen molar-refractivity contribution in [1.29, 1.82) is 0 Å². The zero-order valence-corrected chi connectivity index (χ0v) is 8.64. The molecular formula is C8H10N2O4S. The molecule has 2 heterocycles. The molecule has 0 bridgehead atoms. The highest BCUT2D eigenvalue weighted by Gasteiger charge is 2.29. The number of nitrogens with zero attached hydrogens (tertiary/aromatic N) is 2. The Labute approximate surface area is 86.4 Å². The molecule has 15 heavy (non-hydrogen) atoms. The van der Waals surface area contributed by atoms with Gasteiger partial charge < -0.3 is 5.11 Å². The fourth-order valence-electron chi connectivity index (χ4n) is 1.63. The lowest BCUT2D eigenvalue weighted by Gasteiger charge is -2.06. The van der Waals surface area contributed by atoms with E-state index in [2.05, 4.69) is 5.10 Å². The standard InChI is InChI=1S/C8H10N2O4S/c11-8(12)6-3-9-10(4-6)7-1-2-15(13,14)5-7/h3-4,7H,1-2,5H2,(H,11,12)/t7-/m0/s1. The molecule has 0 unspecified atom stereocenters. The summed E-state index contributed by atoms with van der Waals surface area (Å²) in [5.74, 6) is -0.852. The van der Waals surface area contributed by atoms with E-state index in [1.807, 2.05) is 0 Å². The Morgan fingerprint density at radius 1 is 1.60 bits per heavy atom. The fraction of sp³-hybridized carbons (Fsp3) is 0.500. The Morgan fingerprint density at radius 2 is 2.33 bits per heavy atom. The van der Waals surface area contributed by atoms with Crippen LogP contribution in [0.25, 0.3) is 0 Å². The molecule has 1 aliphatic rings. The van der Waals surface area contributed by atoms with Gasteiger partial charge in [0.05, 0.1) is 29.3 Å². The molecule has 1 N–H and O–H groups in total. The lowest BCUT2D eigenvalue weighted by atomic mass is 10.3. The van der Waals surface area contributed by atoms with Crippen LogP contribution < -0.4 is 0 Å². The van der Waals surface area contributed by atoms with Gasteiger partial charge in [-0.05, 0) is 6.42 Å². The van der Waals surface area contributed by atoms with Crippen molar-refractivity contribution in [2.75, 3.05) is 11.5 Å².